The molecule has 0 nitrogen and oxygen atoms in total. The molecule has 1 aromatic rings. The van der Waals surface area contributed by atoms with Crippen molar-refractivity contribution >= 4 is 52.0 Å². The van der Waals surface area contributed by atoms with E-state index in [2.05, 4.69) is 0 Å². The van der Waals surface area contributed by atoms with E-state index in [9.17, 15) is 0 Å². The molecule has 0 amide bonds. The smallest absolute Gasteiger partial charge is 0.0965 e. The zero-order chi connectivity index (χ0) is 11.8. The predicted molar refractivity (Wildman–Crippen MR) is 72.4 cm³/mol. The molecule has 0 saturated carbocycles. The van der Waals surface area contributed by atoms with E-state index in [1.54, 1.807) is 6.08 Å². The molecular weight excluding hydrogens is 286 g/mol. The van der Waals surface area contributed by atoms with Crippen LogP contribution in [0.15, 0.2) is 41.4 Å². The lowest BCUT2D eigenvalue weighted by atomic mass is 9.99. The van der Waals surface area contributed by atoms with Gasteiger partial charge in [-0.05, 0) is 35.4 Å². The Bertz CT molecular complexity index is 472. The molecular formula is C12H8Cl4. The first-order valence-electron chi connectivity index (χ1n) is 4.69. The SMILES string of the molecule is ClC1=CC(c2cccc(Cl)c2)=CC(Cl)(Cl)C1. The van der Waals surface area contributed by atoms with E-state index in [4.69, 9.17) is 46.4 Å². The van der Waals surface area contributed by atoms with Gasteiger partial charge in [0.15, 0.2) is 0 Å². The molecule has 1 aromatic carbocycles. The molecule has 0 spiro atoms. The minimum atomic E-state index is -0.941. The maximum absolute atomic E-state index is 6.08. The Kier molecular flexibility index (Phi) is 3.56. The Morgan fingerprint density at radius 3 is 2.50 bits per heavy atom. The van der Waals surface area contributed by atoms with E-state index < -0.39 is 4.33 Å². The van der Waals surface area contributed by atoms with Gasteiger partial charge < -0.3 is 0 Å². The van der Waals surface area contributed by atoms with Crippen molar-refractivity contribution in [3.63, 3.8) is 0 Å². The third kappa shape index (κ3) is 2.95. The van der Waals surface area contributed by atoms with Crippen LogP contribution < -0.4 is 0 Å². The maximum atomic E-state index is 6.08. The van der Waals surface area contributed by atoms with Gasteiger partial charge in [0.2, 0.25) is 0 Å². The molecule has 0 radical (unpaired) electrons. The molecule has 0 N–H and O–H groups in total. The van der Waals surface area contributed by atoms with Gasteiger partial charge in [0.05, 0.1) is 0 Å². The lowest BCUT2D eigenvalue weighted by Crippen LogP contribution is -2.12. The molecule has 1 aliphatic rings. The summed E-state index contributed by atoms with van der Waals surface area (Å²) < 4.78 is -0.941. The van der Waals surface area contributed by atoms with Crippen LogP contribution in [0.4, 0.5) is 0 Å². The fourth-order valence-corrected chi connectivity index (χ4v) is 2.78. The minimum Gasteiger partial charge on any atom is -0.0965 e. The maximum Gasteiger partial charge on any atom is 0.142 e. The van der Waals surface area contributed by atoms with Gasteiger partial charge in [-0.2, -0.15) is 0 Å². The number of benzene rings is 1. The first-order chi connectivity index (χ1) is 7.46. The van der Waals surface area contributed by atoms with Crippen LogP contribution in [-0.4, -0.2) is 4.33 Å². The fraction of sp³-hybridized carbons (Fsp3) is 0.167. The quantitative estimate of drug-likeness (QED) is 0.606. The highest BCUT2D eigenvalue weighted by molar-refractivity contribution is 6.51. The van der Waals surface area contributed by atoms with Gasteiger partial charge in [-0.25, -0.2) is 0 Å². The molecule has 0 aliphatic heterocycles. The highest BCUT2D eigenvalue weighted by Crippen LogP contribution is 2.40. The number of allylic oxidation sites excluding steroid dienone is 4. The topological polar surface area (TPSA) is 0 Å². The van der Waals surface area contributed by atoms with E-state index in [0.717, 1.165) is 11.1 Å². The average molecular weight is 294 g/mol. The van der Waals surface area contributed by atoms with Crippen molar-refractivity contribution < 1.29 is 0 Å². The highest BCUT2D eigenvalue weighted by atomic mass is 35.5. The first-order valence-corrected chi connectivity index (χ1v) is 6.20. The Hall–Kier alpha value is -0.140. The van der Waals surface area contributed by atoms with Crippen LogP contribution in [0.2, 0.25) is 5.02 Å². The average Bonchev–Trinajstić information content (AvgIpc) is 2.14. The van der Waals surface area contributed by atoms with Crippen LogP contribution >= 0.6 is 46.4 Å². The van der Waals surface area contributed by atoms with Gasteiger partial charge in [-0.1, -0.05) is 58.5 Å². The van der Waals surface area contributed by atoms with Gasteiger partial charge >= 0.3 is 0 Å². The third-order valence-corrected chi connectivity index (χ3v) is 3.20. The lowest BCUT2D eigenvalue weighted by Gasteiger charge is -2.21. The molecule has 0 atom stereocenters. The van der Waals surface area contributed by atoms with Crippen LogP contribution in [0.3, 0.4) is 0 Å². The van der Waals surface area contributed by atoms with Crippen molar-refractivity contribution in [3.05, 3.63) is 52.0 Å². The number of rotatable bonds is 1. The van der Waals surface area contributed by atoms with Gasteiger partial charge in [0.1, 0.15) is 4.33 Å². The molecule has 0 heterocycles. The van der Waals surface area contributed by atoms with E-state index >= 15 is 0 Å². The van der Waals surface area contributed by atoms with Crippen LogP contribution in [0.5, 0.6) is 0 Å². The summed E-state index contributed by atoms with van der Waals surface area (Å²) in [6.45, 7) is 0. The number of alkyl halides is 2. The second kappa shape index (κ2) is 4.62. The summed E-state index contributed by atoms with van der Waals surface area (Å²) in [4.78, 5) is 0. The summed E-state index contributed by atoms with van der Waals surface area (Å²) in [7, 11) is 0. The van der Waals surface area contributed by atoms with Crippen LogP contribution in [-0.2, 0) is 0 Å². The molecule has 0 saturated heterocycles. The molecule has 4 heteroatoms. The fourth-order valence-electron chi connectivity index (χ4n) is 1.60. The number of hydrogen-bond donors (Lipinski definition) is 0. The summed E-state index contributed by atoms with van der Waals surface area (Å²) in [5, 5.41) is 1.31. The summed E-state index contributed by atoms with van der Waals surface area (Å²) in [6.07, 6.45) is 4.08. The predicted octanol–water partition coefficient (Wildman–Crippen LogP) is 5.42. The molecule has 84 valence electrons. The number of halogens is 4. The molecule has 16 heavy (non-hydrogen) atoms. The monoisotopic (exact) mass is 292 g/mol. The third-order valence-electron chi connectivity index (χ3n) is 2.24. The van der Waals surface area contributed by atoms with E-state index in [1.807, 2.05) is 30.3 Å². The van der Waals surface area contributed by atoms with E-state index in [-0.39, 0.29) is 0 Å². The van der Waals surface area contributed by atoms with Crippen molar-refractivity contribution in [2.24, 2.45) is 0 Å². The zero-order valence-corrected chi connectivity index (χ0v) is 11.2. The molecule has 0 fully saturated rings. The Labute approximate surface area is 114 Å². The Morgan fingerprint density at radius 1 is 1.12 bits per heavy atom. The van der Waals surface area contributed by atoms with E-state index in [0.29, 0.717) is 16.5 Å². The second-order valence-electron chi connectivity index (χ2n) is 3.64. The summed E-state index contributed by atoms with van der Waals surface area (Å²) in [5.41, 5.74) is 1.85. The van der Waals surface area contributed by atoms with Crippen molar-refractivity contribution in [2.45, 2.75) is 10.8 Å². The molecule has 2 rings (SSSR count). The Morgan fingerprint density at radius 2 is 1.88 bits per heavy atom. The van der Waals surface area contributed by atoms with Crippen LogP contribution in [0, 0.1) is 0 Å². The largest absolute Gasteiger partial charge is 0.142 e. The molecule has 1 aliphatic carbocycles. The van der Waals surface area contributed by atoms with Crippen molar-refractivity contribution in [1.29, 1.82) is 0 Å². The highest BCUT2D eigenvalue weighted by Gasteiger charge is 2.26. The first kappa shape index (κ1) is 12.3. The summed E-state index contributed by atoms with van der Waals surface area (Å²) in [5.74, 6) is 0. The minimum absolute atomic E-state index is 0.432. The van der Waals surface area contributed by atoms with Crippen molar-refractivity contribution in [3.8, 4) is 0 Å². The van der Waals surface area contributed by atoms with E-state index in [1.165, 1.54) is 0 Å². The van der Waals surface area contributed by atoms with Gasteiger partial charge in [0, 0.05) is 16.5 Å². The normalized spacial score (nSPS) is 19.0. The number of hydrogen-bond acceptors (Lipinski definition) is 0. The Balaban J connectivity index is 2.44. The molecule has 0 unspecified atom stereocenters. The van der Waals surface area contributed by atoms with Crippen molar-refractivity contribution in [1.82, 2.24) is 0 Å². The summed E-state index contributed by atoms with van der Waals surface area (Å²) in [6, 6.07) is 7.48. The van der Waals surface area contributed by atoms with Crippen LogP contribution in [0.1, 0.15) is 12.0 Å². The van der Waals surface area contributed by atoms with Gasteiger partial charge in [0.25, 0.3) is 0 Å². The van der Waals surface area contributed by atoms with Gasteiger partial charge in [-0.3, -0.25) is 0 Å². The van der Waals surface area contributed by atoms with Crippen molar-refractivity contribution in [2.75, 3.05) is 0 Å². The lowest BCUT2D eigenvalue weighted by molar-refractivity contribution is 0.949. The standard InChI is InChI=1S/C12H8Cl4/c13-10-3-1-2-8(4-10)9-5-11(14)7-12(15,16)6-9/h1-6H,7H2. The van der Waals surface area contributed by atoms with Crippen LogP contribution in [0.25, 0.3) is 5.57 Å². The molecule has 0 aromatic heterocycles. The van der Waals surface area contributed by atoms with Gasteiger partial charge in [-0.15, -0.1) is 0 Å². The second-order valence-corrected chi connectivity index (χ2v) is 6.10. The molecule has 0 bridgehead atoms. The zero-order valence-electron chi connectivity index (χ0n) is 8.18. The summed E-state index contributed by atoms with van der Waals surface area (Å²) >= 11 is 24.1.